The van der Waals surface area contributed by atoms with Crippen molar-refractivity contribution in [1.82, 2.24) is 5.32 Å². The first-order chi connectivity index (χ1) is 12.3. The molecule has 1 aliphatic rings. The highest BCUT2D eigenvalue weighted by Gasteiger charge is 2.29. The van der Waals surface area contributed by atoms with E-state index in [4.69, 9.17) is 23.2 Å². The Bertz CT molecular complexity index is 633. The minimum Gasteiger partial charge on any atom is -0.348 e. The molecular weight excluding hydrogens is 373 g/mol. The number of halogens is 2. The van der Waals surface area contributed by atoms with E-state index in [2.05, 4.69) is 17.6 Å². The second kappa shape index (κ2) is 9.58. The molecule has 1 fully saturated rings. The van der Waals surface area contributed by atoms with Gasteiger partial charge in [-0.2, -0.15) is 0 Å². The van der Waals surface area contributed by atoms with Crippen LogP contribution in [-0.4, -0.2) is 37.5 Å². The lowest BCUT2D eigenvalue weighted by Crippen LogP contribution is -3.15. The number of amides is 2. The van der Waals surface area contributed by atoms with Crippen LogP contribution in [0.25, 0.3) is 0 Å². The highest BCUT2D eigenvalue weighted by molar-refractivity contribution is 6.39. The number of likely N-dealkylation sites (N-methyl/N-ethyl adjacent to an activating group) is 1. The lowest BCUT2D eigenvalue weighted by molar-refractivity contribution is -0.885. The van der Waals surface area contributed by atoms with E-state index in [1.807, 2.05) is 14.0 Å². The van der Waals surface area contributed by atoms with Crippen LogP contribution in [0, 0.1) is 5.92 Å². The van der Waals surface area contributed by atoms with E-state index < -0.39 is 0 Å². The monoisotopic (exact) mass is 400 g/mol. The summed E-state index contributed by atoms with van der Waals surface area (Å²) >= 11 is 12.2. The smallest absolute Gasteiger partial charge is 0.279 e. The Morgan fingerprint density at radius 3 is 2.46 bits per heavy atom. The van der Waals surface area contributed by atoms with E-state index in [0.717, 1.165) is 24.2 Å². The lowest BCUT2D eigenvalue weighted by atomic mass is 9.86. The molecule has 2 rings (SSSR count). The van der Waals surface area contributed by atoms with Crippen molar-refractivity contribution in [2.45, 2.75) is 51.6 Å². The number of carbonyl (C=O) groups is 2. The topological polar surface area (TPSA) is 62.6 Å². The lowest BCUT2D eigenvalue weighted by Gasteiger charge is -2.31. The van der Waals surface area contributed by atoms with Gasteiger partial charge in [0, 0.05) is 6.04 Å². The number of anilines is 1. The van der Waals surface area contributed by atoms with Crippen LogP contribution in [-0.2, 0) is 9.59 Å². The fourth-order valence-electron chi connectivity index (χ4n) is 3.27. The summed E-state index contributed by atoms with van der Waals surface area (Å²) in [6.45, 7) is 4.18. The summed E-state index contributed by atoms with van der Waals surface area (Å²) in [5.74, 6) is 0.263. The predicted molar refractivity (Wildman–Crippen MR) is 106 cm³/mol. The fraction of sp³-hybridized carbons (Fsp3) is 0.579. The zero-order valence-electron chi connectivity index (χ0n) is 15.6. The van der Waals surface area contributed by atoms with Gasteiger partial charge in [-0.3, -0.25) is 9.59 Å². The van der Waals surface area contributed by atoms with Gasteiger partial charge in [-0.25, -0.2) is 0 Å². The van der Waals surface area contributed by atoms with E-state index in [1.165, 1.54) is 6.42 Å². The van der Waals surface area contributed by atoms with Crippen LogP contribution in [0.2, 0.25) is 10.0 Å². The predicted octanol–water partition coefficient (Wildman–Crippen LogP) is 2.53. The van der Waals surface area contributed by atoms with Gasteiger partial charge in [0.2, 0.25) is 0 Å². The van der Waals surface area contributed by atoms with Crippen LogP contribution in [0.15, 0.2) is 18.2 Å². The maximum absolute atomic E-state index is 12.5. The van der Waals surface area contributed by atoms with Gasteiger partial charge in [0.05, 0.1) is 22.8 Å². The molecule has 0 heterocycles. The second-order valence-corrected chi connectivity index (χ2v) is 8.08. The van der Waals surface area contributed by atoms with Gasteiger partial charge in [0.15, 0.2) is 12.6 Å². The molecule has 3 N–H and O–H groups in total. The first kappa shape index (κ1) is 21.0. The normalized spacial score (nSPS) is 22.3. The van der Waals surface area contributed by atoms with E-state index in [0.29, 0.717) is 21.7 Å². The Balaban J connectivity index is 1.88. The van der Waals surface area contributed by atoms with Gasteiger partial charge in [-0.15, -0.1) is 0 Å². The molecule has 1 aromatic rings. The summed E-state index contributed by atoms with van der Waals surface area (Å²) < 4.78 is 0. The molecule has 5 nitrogen and oxygen atoms in total. The summed E-state index contributed by atoms with van der Waals surface area (Å²) in [6, 6.07) is 4.97. The van der Waals surface area contributed by atoms with Crippen molar-refractivity contribution in [1.29, 1.82) is 0 Å². The van der Waals surface area contributed by atoms with Crippen molar-refractivity contribution in [3.05, 3.63) is 28.2 Å². The molecule has 0 saturated heterocycles. The van der Waals surface area contributed by atoms with Gasteiger partial charge >= 0.3 is 0 Å². The number of rotatable bonds is 6. The van der Waals surface area contributed by atoms with Crippen molar-refractivity contribution in [3.63, 3.8) is 0 Å². The maximum Gasteiger partial charge on any atom is 0.279 e. The van der Waals surface area contributed by atoms with E-state index in [9.17, 15) is 9.59 Å². The quantitative estimate of drug-likeness (QED) is 0.686. The van der Waals surface area contributed by atoms with Crippen LogP contribution in [0.4, 0.5) is 5.69 Å². The number of hydrogen-bond acceptors (Lipinski definition) is 2. The molecule has 2 amide bonds. The summed E-state index contributed by atoms with van der Waals surface area (Å²) in [4.78, 5) is 25.7. The fourth-order valence-corrected chi connectivity index (χ4v) is 3.76. The Morgan fingerprint density at radius 1 is 1.23 bits per heavy atom. The molecule has 4 atom stereocenters. The van der Waals surface area contributed by atoms with Crippen molar-refractivity contribution in [3.8, 4) is 0 Å². The van der Waals surface area contributed by atoms with Crippen LogP contribution in [0.1, 0.15) is 39.5 Å². The van der Waals surface area contributed by atoms with Crippen LogP contribution >= 0.6 is 23.2 Å². The van der Waals surface area contributed by atoms with E-state index in [-0.39, 0.29) is 30.4 Å². The van der Waals surface area contributed by atoms with Crippen LogP contribution < -0.4 is 15.5 Å². The van der Waals surface area contributed by atoms with E-state index >= 15 is 0 Å². The summed E-state index contributed by atoms with van der Waals surface area (Å²) in [5, 5.41) is 6.67. The molecular formula is C19H28Cl2N3O2+. The minimum atomic E-state index is -0.323. The molecule has 0 bridgehead atoms. The molecule has 0 radical (unpaired) electrons. The highest BCUT2D eigenvalue weighted by atomic mass is 35.5. The largest absolute Gasteiger partial charge is 0.348 e. The maximum atomic E-state index is 12.5. The third-order valence-electron chi connectivity index (χ3n) is 5.24. The van der Waals surface area contributed by atoms with Crippen molar-refractivity contribution >= 4 is 40.7 Å². The van der Waals surface area contributed by atoms with Gasteiger partial charge < -0.3 is 15.5 Å². The summed E-state index contributed by atoms with van der Waals surface area (Å²) in [5.41, 5.74) is 0.404. The zero-order valence-corrected chi connectivity index (χ0v) is 17.1. The third kappa shape index (κ3) is 5.60. The van der Waals surface area contributed by atoms with Gasteiger partial charge in [-0.05, 0) is 37.8 Å². The number of para-hydroxylation sites is 1. The number of quaternary nitrogens is 1. The SMILES string of the molecule is C[C@@H]1CCCC[C@H]1NC(=O)[C@@H](C)[NH+](C)CC(=O)Nc1c(Cl)cccc1Cl. The van der Waals surface area contributed by atoms with Gasteiger partial charge in [-0.1, -0.05) is 49.0 Å². The number of benzene rings is 1. The standard InChI is InChI=1S/C19H27Cl2N3O2/c1-12-7-4-5-10-16(12)22-19(26)13(2)24(3)11-17(25)23-18-14(20)8-6-9-15(18)21/h6,8-9,12-13,16H,4-5,7,10-11H2,1-3H3,(H,22,26)(H,23,25)/p+1/t12-,13-,16-/m1/s1. The Labute approximate surface area is 165 Å². The molecule has 7 heteroatoms. The first-order valence-corrected chi connectivity index (χ1v) is 9.91. The summed E-state index contributed by atoms with van der Waals surface area (Å²) in [6.07, 6.45) is 4.58. The van der Waals surface area contributed by atoms with Gasteiger partial charge in [0.25, 0.3) is 11.8 Å². The van der Waals surface area contributed by atoms with Crippen LogP contribution in [0.3, 0.4) is 0 Å². The zero-order chi connectivity index (χ0) is 19.3. The van der Waals surface area contributed by atoms with Crippen molar-refractivity contribution in [2.75, 3.05) is 18.9 Å². The number of carbonyl (C=O) groups excluding carboxylic acids is 2. The molecule has 144 valence electrons. The summed E-state index contributed by atoms with van der Waals surface area (Å²) in [7, 11) is 1.84. The average molecular weight is 401 g/mol. The third-order valence-corrected chi connectivity index (χ3v) is 5.87. The molecule has 26 heavy (non-hydrogen) atoms. The molecule has 1 unspecified atom stereocenters. The van der Waals surface area contributed by atoms with Gasteiger partial charge in [0.1, 0.15) is 0 Å². The first-order valence-electron chi connectivity index (χ1n) is 9.16. The van der Waals surface area contributed by atoms with Crippen LogP contribution in [0.5, 0.6) is 0 Å². The molecule has 0 spiro atoms. The Morgan fingerprint density at radius 2 is 1.85 bits per heavy atom. The second-order valence-electron chi connectivity index (χ2n) is 7.27. The van der Waals surface area contributed by atoms with E-state index in [1.54, 1.807) is 18.2 Å². The Hall–Kier alpha value is -1.30. The highest BCUT2D eigenvalue weighted by Crippen LogP contribution is 2.29. The number of nitrogens with one attached hydrogen (secondary N) is 3. The number of hydrogen-bond donors (Lipinski definition) is 3. The average Bonchev–Trinajstić information content (AvgIpc) is 2.59. The van der Waals surface area contributed by atoms with Crippen molar-refractivity contribution < 1.29 is 14.5 Å². The molecule has 0 aliphatic heterocycles. The molecule has 1 aliphatic carbocycles. The molecule has 0 aromatic heterocycles. The Kier molecular flexibility index (Phi) is 7.74. The molecule has 1 aromatic carbocycles. The van der Waals surface area contributed by atoms with Crippen molar-refractivity contribution in [2.24, 2.45) is 5.92 Å². The minimum absolute atomic E-state index is 0.00942. The molecule has 1 saturated carbocycles.